The number of hydrogen-bond acceptors (Lipinski definition) is 8. The lowest BCUT2D eigenvalue weighted by Crippen LogP contribution is -2.27. The number of aromatic nitrogens is 6. The average Bonchev–Trinajstić information content (AvgIpc) is 3.21. The number of nitrogens with two attached hydrogens (primary N) is 1. The van der Waals surface area contributed by atoms with E-state index >= 15 is 0 Å². The van der Waals surface area contributed by atoms with Crippen LogP contribution in [0.4, 0.5) is 17.3 Å². The molecule has 10 heteroatoms. The number of nitrogens with zero attached hydrogens (tertiary/aromatic N) is 6. The Labute approximate surface area is 186 Å². The number of benzene rings is 1. The summed E-state index contributed by atoms with van der Waals surface area (Å²) in [5.74, 6) is 0.760. The zero-order chi connectivity index (χ0) is 23.1. The molecule has 166 valence electrons. The molecule has 3 aromatic heterocycles. The van der Waals surface area contributed by atoms with Crippen LogP contribution in [0.5, 0.6) is 0 Å². The molecular weight excluding hydrogens is 406 g/mol. The summed E-state index contributed by atoms with van der Waals surface area (Å²) in [6.45, 7) is 8.06. The molecule has 4 rings (SSSR count). The van der Waals surface area contributed by atoms with Crippen LogP contribution in [0.2, 0.25) is 0 Å². The Bertz CT molecular complexity index is 1220. The molecule has 0 saturated heterocycles. The summed E-state index contributed by atoms with van der Waals surface area (Å²) in [5.41, 5.74) is 9.22. The molecule has 32 heavy (non-hydrogen) atoms. The van der Waals surface area contributed by atoms with E-state index in [-0.39, 0.29) is 18.1 Å². The average molecular weight is 434 g/mol. The monoisotopic (exact) mass is 433 g/mol. The molecule has 0 unspecified atom stereocenters. The number of carbonyl (C=O) groups is 1. The molecule has 0 aliphatic heterocycles. The minimum absolute atomic E-state index is 0.0820. The third-order valence-electron chi connectivity index (χ3n) is 4.45. The third kappa shape index (κ3) is 5.15. The van der Waals surface area contributed by atoms with E-state index in [1.54, 1.807) is 16.8 Å². The quantitative estimate of drug-likeness (QED) is 0.422. The predicted octanol–water partition coefficient (Wildman–Crippen LogP) is 3.07. The lowest BCUT2D eigenvalue weighted by atomic mass is 10.2. The first-order chi connectivity index (χ1) is 15.5. The molecule has 0 radical (unpaired) electrons. The highest BCUT2D eigenvalue weighted by Crippen LogP contribution is 2.16. The van der Waals surface area contributed by atoms with Crippen LogP contribution in [0.25, 0.3) is 5.65 Å². The van der Waals surface area contributed by atoms with E-state index in [4.69, 9.17) is 5.73 Å². The van der Waals surface area contributed by atoms with Crippen LogP contribution in [0.1, 0.15) is 48.3 Å². The number of fused-ring (bicyclic) bond motifs is 1. The number of aryl methyl sites for hydroxylation is 2. The smallest absolute Gasteiger partial charge is 0.274 e. The first-order valence-corrected chi connectivity index (χ1v) is 10.5. The minimum Gasteiger partial charge on any atom is -0.382 e. The number of nitrogens with one attached hydrogen (secondary N) is 2. The number of carbonyl (C=O) groups excluding carboxylic acids is 1. The van der Waals surface area contributed by atoms with Gasteiger partial charge in [0.25, 0.3) is 5.91 Å². The molecule has 0 bridgehead atoms. The number of hydrogen-bond donors (Lipinski definition) is 3. The number of anilines is 3. The maximum Gasteiger partial charge on any atom is 0.274 e. The SMILES string of the molecule is CC.CCc1cnc(N)c(C(=O)NCc2nnc3ccc(Nc4cccc(C)c4)nn23)n1. The van der Waals surface area contributed by atoms with Gasteiger partial charge in [-0.15, -0.1) is 15.3 Å². The fourth-order valence-corrected chi connectivity index (χ4v) is 2.90. The Kier molecular flexibility index (Phi) is 7.27. The van der Waals surface area contributed by atoms with Gasteiger partial charge in [0.1, 0.15) is 0 Å². The molecular formula is C22H27N9O. The maximum absolute atomic E-state index is 12.5. The molecule has 4 N–H and O–H groups in total. The first kappa shape index (κ1) is 22.6. The second kappa shape index (κ2) is 10.3. The Morgan fingerprint density at radius 1 is 1.16 bits per heavy atom. The Morgan fingerprint density at radius 2 is 1.97 bits per heavy atom. The molecule has 1 amide bonds. The van der Waals surface area contributed by atoms with E-state index in [0.717, 1.165) is 11.3 Å². The third-order valence-corrected chi connectivity index (χ3v) is 4.45. The van der Waals surface area contributed by atoms with Gasteiger partial charge >= 0.3 is 0 Å². The topological polar surface area (TPSA) is 136 Å². The summed E-state index contributed by atoms with van der Waals surface area (Å²) < 4.78 is 1.58. The number of rotatable bonds is 6. The van der Waals surface area contributed by atoms with Crippen LogP contribution in [0.3, 0.4) is 0 Å². The highest BCUT2D eigenvalue weighted by atomic mass is 16.1. The fourth-order valence-electron chi connectivity index (χ4n) is 2.90. The molecule has 0 saturated carbocycles. The fraction of sp³-hybridized carbons (Fsp3) is 0.273. The zero-order valence-corrected chi connectivity index (χ0v) is 18.6. The molecule has 1 aromatic carbocycles. The van der Waals surface area contributed by atoms with Crippen molar-refractivity contribution in [3.05, 3.63) is 65.4 Å². The van der Waals surface area contributed by atoms with Gasteiger partial charge in [-0.2, -0.15) is 4.52 Å². The maximum atomic E-state index is 12.5. The molecule has 0 aliphatic rings. The van der Waals surface area contributed by atoms with Gasteiger partial charge in [-0.1, -0.05) is 32.9 Å². The summed E-state index contributed by atoms with van der Waals surface area (Å²) >= 11 is 0. The van der Waals surface area contributed by atoms with Gasteiger partial charge in [0.2, 0.25) is 0 Å². The van der Waals surface area contributed by atoms with Gasteiger partial charge in [0.15, 0.2) is 28.8 Å². The van der Waals surface area contributed by atoms with Crippen molar-refractivity contribution in [3.63, 3.8) is 0 Å². The van der Waals surface area contributed by atoms with E-state index in [0.29, 0.717) is 29.4 Å². The van der Waals surface area contributed by atoms with Crippen LogP contribution in [0.15, 0.2) is 42.6 Å². The lowest BCUT2D eigenvalue weighted by Gasteiger charge is -2.08. The minimum atomic E-state index is -0.430. The second-order valence-electron chi connectivity index (χ2n) is 6.73. The van der Waals surface area contributed by atoms with E-state index in [9.17, 15) is 4.79 Å². The summed E-state index contributed by atoms with van der Waals surface area (Å²) in [5, 5.41) is 18.8. The van der Waals surface area contributed by atoms with Gasteiger partial charge in [-0.25, -0.2) is 9.97 Å². The highest BCUT2D eigenvalue weighted by Gasteiger charge is 2.15. The van der Waals surface area contributed by atoms with Crippen molar-refractivity contribution in [1.29, 1.82) is 0 Å². The van der Waals surface area contributed by atoms with Crippen molar-refractivity contribution < 1.29 is 4.79 Å². The molecule has 10 nitrogen and oxygen atoms in total. The van der Waals surface area contributed by atoms with Gasteiger partial charge in [-0.3, -0.25) is 4.79 Å². The van der Waals surface area contributed by atoms with Gasteiger partial charge in [0, 0.05) is 5.69 Å². The van der Waals surface area contributed by atoms with E-state index < -0.39 is 5.91 Å². The molecule has 0 aliphatic carbocycles. The van der Waals surface area contributed by atoms with Crippen molar-refractivity contribution in [3.8, 4) is 0 Å². The second-order valence-corrected chi connectivity index (χ2v) is 6.73. The van der Waals surface area contributed by atoms with Crippen molar-refractivity contribution in [2.45, 2.75) is 40.7 Å². The first-order valence-electron chi connectivity index (χ1n) is 10.5. The molecule has 0 spiro atoms. The molecule has 3 heterocycles. The summed E-state index contributed by atoms with van der Waals surface area (Å²) in [6.07, 6.45) is 2.22. The lowest BCUT2D eigenvalue weighted by molar-refractivity contribution is 0.0945. The number of amides is 1. The van der Waals surface area contributed by atoms with Crippen LogP contribution in [-0.4, -0.2) is 35.7 Å². The normalized spacial score (nSPS) is 10.4. The Balaban J connectivity index is 0.00000141. The van der Waals surface area contributed by atoms with Crippen LogP contribution < -0.4 is 16.4 Å². The van der Waals surface area contributed by atoms with E-state index in [1.807, 2.05) is 58.0 Å². The van der Waals surface area contributed by atoms with Gasteiger partial charge < -0.3 is 16.4 Å². The Hall–Kier alpha value is -4.08. The van der Waals surface area contributed by atoms with Crippen molar-refractivity contribution in [2.75, 3.05) is 11.1 Å². The van der Waals surface area contributed by atoms with Crippen molar-refractivity contribution >= 4 is 28.9 Å². The Morgan fingerprint density at radius 3 is 2.72 bits per heavy atom. The summed E-state index contributed by atoms with van der Waals surface area (Å²) in [7, 11) is 0. The summed E-state index contributed by atoms with van der Waals surface area (Å²) in [4.78, 5) is 20.8. The molecule has 0 fully saturated rings. The van der Waals surface area contributed by atoms with Gasteiger partial charge in [0.05, 0.1) is 18.4 Å². The summed E-state index contributed by atoms with van der Waals surface area (Å²) in [6, 6.07) is 11.6. The standard InChI is InChI=1S/C20H21N9O.C2H6/c1-3-13-10-22-19(21)18(25-13)20(30)23-11-17-27-26-16-8-7-15(28-29(16)17)24-14-6-4-5-12(2)9-14;1-2/h4-10H,3,11H2,1-2H3,(H2,21,22)(H,23,30)(H,24,28);1-2H3. The highest BCUT2D eigenvalue weighted by molar-refractivity contribution is 5.96. The van der Waals surface area contributed by atoms with Crippen molar-refractivity contribution in [2.24, 2.45) is 0 Å². The van der Waals surface area contributed by atoms with Crippen LogP contribution >= 0.6 is 0 Å². The largest absolute Gasteiger partial charge is 0.382 e. The predicted molar refractivity (Wildman–Crippen MR) is 124 cm³/mol. The zero-order valence-electron chi connectivity index (χ0n) is 18.6. The molecule has 4 aromatic rings. The van der Waals surface area contributed by atoms with Crippen molar-refractivity contribution in [1.82, 2.24) is 35.1 Å². The van der Waals surface area contributed by atoms with E-state index in [1.165, 1.54) is 0 Å². The number of nitrogen functional groups attached to an aromatic ring is 1. The van der Waals surface area contributed by atoms with Crippen LogP contribution in [-0.2, 0) is 13.0 Å². The molecule has 0 atom stereocenters. The van der Waals surface area contributed by atoms with E-state index in [2.05, 4.69) is 35.9 Å². The van der Waals surface area contributed by atoms with Gasteiger partial charge in [-0.05, 0) is 43.2 Å². The van der Waals surface area contributed by atoms with Crippen LogP contribution in [0, 0.1) is 6.92 Å².